The normalized spacial score (nSPS) is 11.6. The summed E-state index contributed by atoms with van der Waals surface area (Å²) in [4.78, 5) is 37.1. The van der Waals surface area contributed by atoms with Crippen LogP contribution in [0.2, 0.25) is 0 Å². The number of carbonyl (C=O) groups is 3. The van der Waals surface area contributed by atoms with Gasteiger partial charge in [-0.1, -0.05) is 97.0 Å². The summed E-state index contributed by atoms with van der Waals surface area (Å²) in [6, 6.07) is -0.645. The molecule has 6 heteroatoms. The summed E-state index contributed by atoms with van der Waals surface area (Å²) in [6.07, 6.45) is 22.9. The Balaban J connectivity index is 4.01. The van der Waals surface area contributed by atoms with Crippen LogP contribution in [0.5, 0.6) is 0 Å². The third-order valence-electron chi connectivity index (χ3n) is 6.56. The summed E-state index contributed by atoms with van der Waals surface area (Å²) < 4.78 is 0. The molecule has 0 heterocycles. The third-order valence-corrected chi connectivity index (χ3v) is 6.56. The highest BCUT2D eigenvalue weighted by Crippen LogP contribution is 2.13. The molecule has 0 saturated heterocycles. The summed E-state index contributed by atoms with van der Waals surface area (Å²) >= 11 is 0. The van der Waals surface area contributed by atoms with Gasteiger partial charge in [0, 0.05) is 25.9 Å². The molecule has 0 aliphatic carbocycles. The van der Waals surface area contributed by atoms with Crippen LogP contribution >= 0.6 is 0 Å². The molecular weight excluding hydrogens is 450 g/mol. The van der Waals surface area contributed by atoms with E-state index in [0.29, 0.717) is 25.9 Å². The van der Waals surface area contributed by atoms with E-state index in [1.165, 1.54) is 57.8 Å². The number of nitrogens with one attached hydrogen (secondary N) is 3. The van der Waals surface area contributed by atoms with Crippen molar-refractivity contribution < 1.29 is 14.4 Å². The van der Waals surface area contributed by atoms with E-state index in [0.717, 1.165) is 51.4 Å². The maximum atomic E-state index is 12.6. The maximum Gasteiger partial charge on any atom is 0.242 e. The highest BCUT2D eigenvalue weighted by atomic mass is 16.2. The van der Waals surface area contributed by atoms with Crippen LogP contribution < -0.4 is 16.0 Å². The molecule has 3 N–H and O–H groups in total. The molecule has 210 valence electrons. The van der Waals surface area contributed by atoms with Crippen LogP contribution in [0.15, 0.2) is 12.7 Å². The lowest BCUT2D eigenvalue weighted by atomic mass is 10.0. The van der Waals surface area contributed by atoms with Crippen molar-refractivity contribution in [3.63, 3.8) is 0 Å². The number of hydrogen-bond acceptors (Lipinski definition) is 3. The minimum atomic E-state index is -0.645. The van der Waals surface area contributed by atoms with Crippen LogP contribution in [-0.4, -0.2) is 36.9 Å². The van der Waals surface area contributed by atoms with Crippen LogP contribution in [-0.2, 0) is 14.4 Å². The summed E-state index contributed by atoms with van der Waals surface area (Å²) in [5.41, 5.74) is 0. The monoisotopic (exact) mass is 507 g/mol. The Morgan fingerprint density at radius 3 is 1.67 bits per heavy atom. The van der Waals surface area contributed by atoms with Gasteiger partial charge in [0.05, 0.1) is 0 Å². The van der Waals surface area contributed by atoms with Crippen LogP contribution in [0.3, 0.4) is 0 Å². The lowest BCUT2D eigenvalue weighted by Gasteiger charge is -2.18. The van der Waals surface area contributed by atoms with Crippen molar-refractivity contribution in [2.24, 2.45) is 0 Å². The fourth-order valence-corrected chi connectivity index (χ4v) is 4.16. The van der Waals surface area contributed by atoms with Gasteiger partial charge >= 0.3 is 0 Å². The zero-order chi connectivity index (χ0) is 26.7. The zero-order valence-electron chi connectivity index (χ0n) is 23.6. The van der Waals surface area contributed by atoms with Crippen molar-refractivity contribution in [2.45, 2.75) is 148 Å². The van der Waals surface area contributed by atoms with Gasteiger partial charge in [0.25, 0.3) is 0 Å². The number of unbranched alkanes of at least 4 members (excludes halogenated alkanes) is 14. The predicted octanol–water partition coefficient (Wildman–Crippen LogP) is 6.73. The van der Waals surface area contributed by atoms with Gasteiger partial charge in [-0.05, 0) is 38.5 Å². The molecular formula is C30H57N3O3. The molecule has 6 nitrogen and oxygen atoms in total. The molecule has 1 atom stereocenters. The second kappa shape index (κ2) is 26.2. The van der Waals surface area contributed by atoms with E-state index in [9.17, 15) is 14.4 Å². The molecule has 0 aromatic heterocycles. The fourth-order valence-electron chi connectivity index (χ4n) is 4.16. The molecule has 3 amide bonds. The Kier molecular flexibility index (Phi) is 24.9. The van der Waals surface area contributed by atoms with Gasteiger partial charge in [-0.3, -0.25) is 14.4 Å². The average Bonchev–Trinajstić information content (AvgIpc) is 2.87. The SMILES string of the molecule is C=CCCCCCCCCCCCCCCC(=O)N[C@@H](CCC(=O)NCCCC)C(=O)NCCCC. The number of allylic oxidation sites excluding steroid dienone is 1. The van der Waals surface area contributed by atoms with Crippen molar-refractivity contribution in [1.82, 2.24) is 16.0 Å². The molecule has 0 radical (unpaired) electrons. The first-order valence-corrected chi connectivity index (χ1v) is 15.0. The van der Waals surface area contributed by atoms with E-state index in [2.05, 4.69) is 36.4 Å². The van der Waals surface area contributed by atoms with E-state index in [1.54, 1.807) is 0 Å². The minimum Gasteiger partial charge on any atom is -0.356 e. The quantitative estimate of drug-likeness (QED) is 0.0896. The average molecular weight is 508 g/mol. The van der Waals surface area contributed by atoms with E-state index >= 15 is 0 Å². The molecule has 0 aromatic rings. The summed E-state index contributed by atoms with van der Waals surface area (Å²) in [5, 5.41) is 8.65. The first kappa shape index (κ1) is 34.1. The molecule has 0 rings (SSSR count). The molecule has 0 bridgehead atoms. The number of hydrogen-bond donors (Lipinski definition) is 3. The summed E-state index contributed by atoms with van der Waals surface area (Å²) in [5.74, 6) is -0.340. The molecule has 0 aliphatic rings. The zero-order valence-corrected chi connectivity index (χ0v) is 23.6. The lowest BCUT2D eigenvalue weighted by Crippen LogP contribution is -2.47. The molecule has 0 unspecified atom stereocenters. The van der Waals surface area contributed by atoms with Gasteiger partial charge in [0.15, 0.2) is 0 Å². The fraction of sp³-hybridized carbons (Fsp3) is 0.833. The van der Waals surface area contributed by atoms with Crippen molar-refractivity contribution in [1.29, 1.82) is 0 Å². The second-order valence-corrected chi connectivity index (χ2v) is 10.1. The van der Waals surface area contributed by atoms with Gasteiger partial charge < -0.3 is 16.0 Å². The van der Waals surface area contributed by atoms with Crippen LogP contribution in [0.1, 0.15) is 142 Å². The standard InChI is InChI=1S/C30H57N3O3/c1-4-7-10-11-12-13-14-15-16-17-18-19-20-21-22-29(35)33-27(30(36)32-26-9-6-3)23-24-28(34)31-25-8-5-2/h4,27H,1,5-26H2,2-3H3,(H,31,34)(H,32,36)(H,33,35)/t27-/m0/s1. The van der Waals surface area contributed by atoms with E-state index in [1.807, 2.05) is 6.08 Å². The smallest absolute Gasteiger partial charge is 0.242 e. The molecule has 36 heavy (non-hydrogen) atoms. The molecule has 0 saturated carbocycles. The summed E-state index contributed by atoms with van der Waals surface area (Å²) in [7, 11) is 0. The topological polar surface area (TPSA) is 87.3 Å². The van der Waals surface area contributed by atoms with E-state index < -0.39 is 6.04 Å². The van der Waals surface area contributed by atoms with Gasteiger partial charge in [-0.2, -0.15) is 0 Å². The molecule has 0 fully saturated rings. The first-order chi connectivity index (χ1) is 17.5. The highest BCUT2D eigenvalue weighted by Gasteiger charge is 2.21. The van der Waals surface area contributed by atoms with Gasteiger partial charge in [-0.15, -0.1) is 6.58 Å². The third kappa shape index (κ3) is 22.6. The van der Waals surface area contributed by atoms with Crippen molar-refractivity contribution in [3.05, 3.63) is 12.7 Å². The van der Waals surface area contributed by atoms with Crippen molar-refractivity contribution in [3.8, 4) is 0 Å². The molecule has 0 aliphatic heterocycles. The Hall–Kier alpha value is -1.85. The number of amides is 3. The predicted molar refractivity (Wildman–Crippen MR) is 152 cm³/mol. The minimum absolute atomic E-state index is 0.0624. The Bertz CT molecular complexity index is 566. The van der Waals surface area contributed by atoms with Gasteiger partial charge in [0.2, 0.25) is 17.7 Å². The van der Waals surface area contributed by atoms with Crippen molar-refractivity contribution >= 4 is 17.7 Å². The Morgan fingerprint density at radius 1 is 0.639 bits per heavy atom. The first-order valence-electron chi connectivity index (χ1n) is 15.0. The number of carbonyl (C=O) groups excluding carboxylic acids is 3. The van der Waals surface area contributed by atoms with E-state index in [4.69, 9.17) is 0 Å². The largest absolute Gasteiger partial charge is 0.356 e. The second-order valence-electron chi connectivity index (χ2n) is 10.1. The maximum absolute atomic E-state index is 12.6. The van der Waals surface area contributed by atoms with Crippen LogP contribution in [0.25, 0.3) is 0 Å². The molecule has 0 aromatic carbocycles. The molecule has 0 spiro atoms. The Labute approximate surface area is 222 Å². The van der Waals surface area contributed by atoms with E-state index in [-0.39, 0.29) is 24.1 Å². The Morgan fingerprint density at radius 2 is 1.14 bits per heavy atom. The van der Waals surface area contributed by atoms with Crippen LogP contribution in [0, 0.1) is 0 Å². The number of rotatable bonds is 26. The van der Waals surface area contributed by atoms with Crippen LogP contribution in [0.4, 0.5) is 0 Å². The van der Waals surface area contributed by atoms with Gasteiger partial charge in [-0.25, -0.2) is 0 Å². The summed E-state index contributed by atoms with van der Waals surface area (Å²) in [6.45, 7) is 9.17. The highest BCUT2D eigenvalue weighted by molar-refractivity contribution is 5.88. The van der Waals surface area contributed by atoms with Gasteiger partial charge in [0.1, 0.15) is 6.04 Å². The van der Waals surface area contributed by atoms with Crippen molar-refractivity contribution in [2.75, 3.05) is 13.1 Å². The lowest BCUT2D eigenvalue weighted by molar-refractivity contribution is -0.129.